The minimum atomic E-state index is -4.26. The largest absolute Gasteiger partial charge is 0.452 e. The first-order chi connectivity index (χ1) is 12.6. The lowest BCUT2D eigenvalue weighted by molar-refractivity contribution is -0.143. The molecular weight excluding hydrogens is 368 g/mol. The summed E-state index contributed by atoms with van der Waals surface area (Å²) in [5.74, 6) is -1.36. The number of hydrogen-bond donors (Lipinski definition) is 0. The molecule has 7 nitrogen and oxygen atoms in total. The number of esters is 1. The van der Waals surface area contributed by atoms with Crippen molar-refractivity contribution in [1.82, 2.24) is 0 Å². The molecule has 0 N–H and O–H groups in total. The molecule has 1 aromatic rings. The van der Waals surface area contributed by atoms with Gasteiger partial charge in [0, 0.05) is 5.92 Å². The number of Topliss-reactive ketones (excluding diaryl/α,β-unsaturated/α-hetero) is 1. The predicted molar refractivity (Wildman–Crippen MR) is 98.9 cm³/mol. The molecule has 2 rings (SSSR count). The molecule has 0 unspecified atom stereocenters. The van der Waals surface area contributed by atoms with Crippen molar-refractivity contribution in [3.05, 3.63) is 29.8 Å². The summed E-state index contributed by atoms with van der Waals surface area (Å²) in [4.78, 5) is 27.0. The van der Waals surface area contributed by atoms with E-state index in [1.165, 1.54) is 24.3 Å². The van der Waals surface area contributed by atoms with Crippen molar-refractivity contribution >= 4 is 26.6 Å². The maximum Gasteiger partial charge on any atom is 0.452 e. The van der Waals surface area contributed by atoms with Crippen molar-refractivity contribution in [2.24, 2.45) is 11.3 Å². The van der Waals surface area contributed by atoms with E-state index in [2.05, 4.69) is 4.79 Å². The Morgan fingerprint density at radius 1 is 1.07 bits per heavy atom. The molecular formula is C19H24N2O5S. The van der Waals surface area contributed by atoms with Crippen LogP contribution in [0.3, 0.4) is 0 Å². The van der Waals surface area contributed by atoms with Crippen LogP contribution in [-0.2, 0) is 19.4 Å². The molecule has 0 aromatic heterocycles. The molecule has 1 aliphatic rings. The number of ketones is 1. The van der Waals surface area contributed by atoms with Crippen molar-refractivity contribution in [3.63, 3.8) is 0 Å². The highest BCUT2D eigenvalue weighted by molar-refractivity contribution is 8.08. The number of hydrogen-bond acceptors (Lipinski definition) is 5. The zero-order chi connectivity index (χ0) is 20.2. The summed E-state index contributed by atoms with van der Waals surface area (Å²) < 4.78 is 30.6. The summed E-state index contributed by atoms with van der Waals surface area (Å²) in [5.41, 5.74) is 8.51. The van der Waals surface area contributed by atoms with E-state index in [1.54, 1.807) is 20.8 Å². The quantitative estimate of drug-likeness (QED) is 0.195. The Morgan fingerprint density at radius 2 is 1.63 bits per heavy atom. The number of benzene rings is 1. The van der Waals surface area contributed by atoms with Gasteiger partial charge >= 0.3 is 11.0 Å². The van der Waals surface area contributed by atoms with Gasteiger partial charge in [-0.15, -0.1) is 4.79 Å². The van der Waals surface area contributed by atoms with Crippen molar-refractivity contribution < 1.29 is 27.5 Å². The van der Waals surface area contributed by atoms with Crippen LogP contribution in [0, 0.1) is 11.3 Å². The third-order valence-electron chi connectivity index (χ3n) is 4.49. The molecule has 8 heteroatoms. The lowest BCUT2D eigenvalue weighted by Crippen LogP contribution is -2.32. The fraction of sp³-hybridized carbons (Fsp3) is 0.526. The van der Waals surface area contributed by atoms with Crippen LogP contribution in [-0.4, -0.2) is 30.0 Å². The normalized spacial score (nSPS) is 15.7. The molecule has 0 saturated heterocycles. The first-order valence-electron chi connectivity index (χ1n) is 8.91. The van der Waals surface area contributed by atoms with Crippen LogP contribution in [0.4, 0.5) is 0 Å². The van der Waals surface area contributed by atoms with Gasteiger partial charge in [0.05, 0.1) is 10.3 Å². The average Bonchev–Trinajstić information content (AvgIpc) is 2.62. The summed E-state index contributed by atoms with van der Waals surface area (Å²) in [7, 11) is -4.26. The first-order valence-corrected chi connectivity index (χ1v) is 10.4. The molecule has 1 aromatic carbocycles. The Kier molecular flexibility index (Phi) is 6.34. The second-order valence-electron chi connectivity index (χ2n) is 7.72. The van der Waals surface area contributed by atoms with Gasteiger partial charge in [-0.3, -0.25) is 9.59 Å². The average molecular weight is 392 g/mol. The third kappa shape index (κ3) is 4.90. The second kappa shape index (κ2) is 8.15. The highest BCUT2D eigenvalue weighted by atomic mass is 32.2. The Bertz CT molecular complexity index is 870. The molecule has 0 atom stereocenters. The summed E-state index contributed by atoms with van der Waals surface area (Å²) >= 11 is 0. The van der Waals surface area contributed by atoms with E-state index in [1.807, 2.05) is 0 Å². The number of carbonyl (C=O) groups is 2. The van der Waals surface area contributed by atoms with Gasteiger partial charge in [0.25, 0.3) is 15.6 Å². The summed E-state index contributed by atoms with van der Waals surface area (Å²) in [6.45, 7) is 5.11. The standard InChI is InChI=1S/C19H24N2O5S/c1-19(2,3)18(23)26-14-9-11-15(12-10-14)27(24,25)17(21-20)16(22)13-7-5-4-6-8-13/h9-13H,4-8H2,1-3H3. The van der Waals surface area contributed by atoms with E-state index >= 15 is 0 Å². The van der Waals surface area contributed by atoms with Gasteiger partial charge in [0.2, 0.25) is 0 Å². The number of ether oxygens (including phenoxy) is 1. The van der Waals surface area contributed by atoms with Crippen LogP contribution in [0.2, 0.25) is 0 Å². The molecule has 146 valence electrons. The van der Waals surface area contributed by atoms with E-state index in [9.17, 15) is 23.5 Å². The van der Waals surface area contributed by atoms with Crippen molar-refractivity contribution in [2.75, 3.05) is 0 Å². The van der Waals surface area contributed by atoms with Gasteiger partial charge in [0.1, 0.15) is 5.75 Å². The van der Waals surface area contributed by atoms with E-state index in [-0.39, 0.29) is 10.6 Å². The zero-order valence-corrected chi connectivity index (χ0v) is 16.6. The molecule has 0 heterocycles. The van der Waals surface area contributed by atoms with E-state index in [0.717, 1.165) is 19.3 Å². The van der Waals surface area contributed by atoms with Crippen LogP contribution in [0.15, 0.2) is 29.2 Å². The van der Waals surface area contributed by atoms with Crippen LogP contribution >= 0.6 is 0 Å². The van der Waals surface area contributed by atoms with Gasteiger partial charge in [-0.25, -0.2) is 8.42 Å². The second-order valence-corrected chi connectivity index (χ2v) is 9.58. The maximum absolute atomic E-state index is 12.7. The van der Waals surface area contributed by atoms with Crippen LogP contribution < -0.4 is 4.74 Å². The smallest absolute Gasteiger partial charge is 0.426 e. The zero-order valence-electron chi connectivity index (χ0n) is 15.8. The predicted octanol–water partition coefficient (Wildman–Crippen LogP) is 3.19. The Morgan fingerprint density at radius 3 is 2.11 bits per heavy atom. The van der Waals surface area contributed by atoms with Gasteiger partial charge in [-0.05, 0) is 57.9 Å². The number of sulfone groups is 1. The van der Waals surface area contributed by atoms with Gasteiger partial charge < -0.3 is 10.3 Å². The fourth-order valence-corrected chi connectivity index (χ4v) is 4.09. The van der Waals surface area contributed by atoms with E-state index in [0.29, 0.717) is 12.8 Å². The molecule has 27 heavy (non-hydrogen) atoms. The molecule has 1 aliphatic carbocycles. The summed E-state index contributed by atoms with van der Waals surface area (Å²) in [6.07, 6.45) is 3.90. The first kappa shape index (κ1) is 21.0. The molecule has 0 aliphatic heterocycles. The minimum absolute atomic E-state index is 0.190. The Balaban J connectivity index is 2.23. The van der Waals surface area contributed by atoms with Crippen LogP contribution in [0.5, 0.6) is 5.75 Å². The lowest BCUT2D eigenvalue weighted by Gasteiger charge is -2.18. The van der Waals surface area contributed by atoms with Gasteiger partial charge in [0.15, 0.2) is 0 Å². The summed E-state index contributed by atoms with van der Waals surface area (Å²) in [6, 6.07) is 5.10. The molecule has 0 radical (unpaired) electrons. The van der Waals surface area contributed by atoms with E-state index in [4.69, 9.17) is 4.74 Å². The number of nitrogens with zero attached hydrogens (tertiary/aromatic N) is 2. The van der Waals surface area contributed by atoms with Crippen LogP contribution in [0.1, 0.15) is 52.9 Å². The highest BCUT2D eigenvalue weighted by Crippen LogP contribution is 2.27. The fourth-order valence-electron chi connectivity index (χ4n) is 2.83. The lowest BCUT2D eigenvalue weighted by atomic mass is 9.86. The molecule has 1 saturated carbocycles. The monoisotopic (exact) mass is 392 g/mol. The maximum atomic E-state index is 12.7. The Hall–Kier alpha value is -2.31. The molecule has 0 spiro atoms. The molecule has 0 amide bonds. The Labute approximate surface area is 159 Å². The number of carbonyl (C=O) groups excluding carboxylic acids is 2. The topological polar surface area (TPSA) is 114 Å². The summed E-state index contributed by atoms with van der Waals surface area (Å²) in [5, 5.41) is -0.839. The highest BCUT2D eigenvalue weighted by Gasteiger charge is 2.41. The SMILES string of the molecule is CC(C)(C)C(=O)Oc1ccc(S(=O)(=O)C(=[N+]=[N-])C(=O)C2CCCCC2)cc1. The van der Waals surface area contributed by atoms with Crippen molar-refractivity contribution in [1.29, 1.82) is 0 Å². The minimum Gasteiger partial charge on any atom is -0.426 e. The molecule has 0 bridgehead atoms. The van der Waals surface area contributed by atoms with Crippen molar-refractivity contribution in [3.8, 4) is 5.75 Å². The van der Waals surface area contributed by atoms with Crippen molar-refractivity contribution in [2.45, 2.75) is 57.8 Å². The third-order valence-corrected chi connectivity index (χ3v) is 6.17. The number of rotatable bonds is 4. The molecule has 1 fully saturated rings. The van der Waals surface area contributed by atoms with Gasteiger partial charge in [-0.2, -0.15) is 0 Å². The van der Waals surface area contributed by atoms with Crippen LogP contribution in [0.25, 0.3) is 5.53 Å². The van der Waals surface area contributed by atoms with Gasteiger partial charge in [-0.1, -0.05) is 19.3 Å². The van der Waals surface area contributed by atoms with E-state index < -0.39 is 38.0 Å².